The number of thiazole rings is 1. The van der Waals surface area contributed by atoms with Crippen LogP contribution in [0.2, 0.25) is 5.02 Å². The summed E-state index contributed by atoms with van der Waals surface area (Å²) in [6.07, 6.45) is 10.3. The summed E-state index contributed by atoms with van der Waals surface area (Å²) in [5.41, 5.74) is 5.00. The number of hydrogen-bond acceptors (Lipinski definition) is 5. The summed E-state index contributed by atoms with van der Waals surface area (Å²) >= 11 is 10.0. The molecule has 0 N–H and O–H groups in total. The van der Waals surface area contributed by atoms with Crippen LogP contribution in [0, 0.1) is 0 Å². The van der Waals surface area contributed by atoms with E-state index >= 15 is 0 Å². The summed E-state index contributed by atoms with van der Waals surface area (Å²) in [4.78, 5) is 14.8. The molecule has 7 heteroatoms. The molecule has 2 aliphatic heterocycles. The Kier molecular flexibility index (Phi) is 7.04. The van der Waals surface area contributed by atoms with Gasteiger partial charge in [0, 0.05) is 42.0 Å². The molecule has 0 unspecified atom stereocenters. The Hall–Kier alpha value is -3.06. The second-order valence-electron chi connectivity index (χ2n) is 9.41. The van der Waals surface area contributed by atoms with Crippen LogP contribution in [0.1, 0.15) is 31.2 Å². The summed E-state index contributed by atoms with van der Waals surface area (Å²) in [6, 6.07) is 17.0. The number of aldehydes is 1. The van der Waals surface area contributed by atoms with Gasteiger partial charge in [0.1, 0.15) is 16.7 Å². The number of halogens is 1. The van der Waals surface area contributed by atoms with E-state index in [0.717, 1.165) is 30.7 Å². The standard InChI is InChI=1S/C31H28ClN2O2S2/c1-3-20(15-23-11-13-34-26-18-24(32)27(36-2)19-29(26)38-31(23)34)9-10-30-33(12-6-14-35)25-16-21-7-4-5-8-22(21)17-28(25)37-30/h4-5,7-10,14-19H,3,6,11-13H2,1-2H3/q+1. The lowest BCUT2D eigenvalue weighted by atomic mass is 10.1. The number of ether oxygens (including phenoxy) is 1. The fourth-order valence-corrected chi connectivity index (χ4v) is 7.76. The Bertz CT molecular complexity index is 1670. The van der Waals surface area contributed by atoms with Gasteiger partial charge in [0.25, 0.3) is 5.01 Å². The highest BCUT2D eigenvalue weighted by atomic mass is 35.5. The van der Waals surface area contributed by atoms with Crippen molar-refractivity contribution in [2.45, 2.75) is 37.6 Å². The monoisotopic (exact) mass is 559 g/mol. The smallest absolute Gasteiger partial charge is 0.266 e. The van der Waals surface area contributed by atoms with Gasteiger partial charge in [-0.05, 0) is 47.1 Å². The molecule has 0 atom stereocenters. The van der Waals surface area contributed by atoms with E-state index in [-0.39, 0.29) is 0 Å². The van der Waals surface area contributed by atoms with Gasteiger partial charge >= 0.3 is 0 Å². The minimum Gasteiger partial charge on any atom is -0.495 e. The van der Waals surface area contributed by atoms with Crippen molar-refractivity contribution in [2.75, 3.05) is 18.6 Å². The van der Waals surface area contributed by atoms with E-state index in [1.54, 1.807) is 30.2 Å². The molecule has 38 heavy (non-hydrogen) atoms. The van der Waals surface area contributed by atoms with Crippen molar-refractivity contribution < 1.29 is 14.1 Å². The first-order valence-electron chi connectivity index (χ1n) is 12.8. The van der Waals surface area contributed by atoms with Crippen LogP contribution in [0.4, 0.5) is 5.69 Å². The van der Waals surface area contributed by atoms with E-state index in [9.17, 15) is 4.79 Å². The summed E-state index contributed by atoms with van der Waals surface area (Å²) in [7, 11) is 1.66. The van der Waals surface area contributed by atoms with Gasteiger partial charge < -0.3 is 14.4 Å². The molecule has 0 saturated carbocycles. The van der Waals surface area contributed by atoms with E-state index in [1.165, 1.54) is 47.7 Å². The van der Waals surface area contributed by atoms with E-state index in [2.05, 4.69) is 71.0 Å². The average Bonchev–Trinajstić information content (AvgIpc) is 3.59. The average molecular weight is 560 g/mol. The molecule has 3 heterocycles. The molecular formula is C31H28ClN2O2S2+. The molecule has 1 aromatic heterocycles. The number of nitrogens with zero attached hydrogens (tertiary/aromatic N) is 2. The highest BCUT2D eigenvalue weighted by molar-refractivity contribution is 8.03. The van der Waals surface area contributed by atoms with Crippen molar-refractivity contribution in [1.29, 1.82) is 0 Å². The SMILES string of the molecule is CCC(=C\C=C1/Sc2cc3ccccc3cc2N1CCC=O)/C=C1\CC[n+]2c1sc1cc(OC)c(Cl)cc12. The van der Waals surface area contributed by atoms with Gasteiger partial charge in [-0.25, -0.2) is 0 Å². The van der Waals surface area contributed by atoms with E-state index in [0.29, 0.717) is 23.7 Å². The first kappa shape index (κ1) is 25.2. The first-order chi connectivity index (χ1) is 18.6. The van der Waals surface area contributed by atoms with Crippen LogP contribution in [-0.2, 0) is 11.3 Å². The predicted molar refractivity (Wildman–Crippen MR) is 160 cm³/mol. The maximum atomic E-state index is 11.2. The van der Waals surface area contributed by atoms with Gasteiger partial charge in [-0.2, -0.15) is 4.57 Å². The molecule has 2 aliphatic rings. The van der Waals surface area contributed by atoms with Crippen molar-refractivity contribution in [3.05, 3.63) is 87.4 Å². The van der Waals surface area contributed by atoms with E-state index in [1.807, 2.05) is 12.1 Å². The minimum atomic E-state index is 0.499. The van der Waals surface area contributed by atoms with Crippen LogP contribution in [0.3, 0.4) is 0 Å². The summed E-state index contributed by atoms with van der Waals surface area (Å²) < 4.78 is 8.99. The zero-order valence-electron chi connectivity index (χ0n) is 21.4. The Labute approximate surface area is 235 Å². The second kappa shape index (κ2) is 10.6. The molecule has 192 valence electrons. The molecule has 6 rings (SSSR count). The zero-order valence-corrected chi connectivity index (χ0v) is 23.8. The van der Waals surface area contributed by atoms with Crippen LogP contribution in [-0.4, -0.2) is 19.9 Å². The third-order valence-corrected chi connectivity index (χ3v) is 9.76. The Morgan fingerprint density at radius 3 is 2.76 bits per heavy atom. The third-order valence-electron chi connectivity index (χ3n) is 7.13. The van der Waals surface area contributed by atoms with Gasteiger partial charge in [0.15, 0.2) is 6.54 Å². The molecule has 0 amide bonds. The molecule has 0 radical (unpaired) electrons. The topological polar surface area (TPSA) is 33.4 Å². The molecule has 0 spiro atoms. The van der Waals surface area contributed by atoms with Crippen molar-refractivity contribution in [3.8, 4) is 5.75 Å². The van der Waals surface area contributed by atoms with Crippen molar-refractivity contribution in [2.24, 2.45) is 0 Å². The van der Waals surface area contributed by atoms with Gasteiger partial charge in [0.05, 0.1) is 22.8 Å². The summed E-state index contributed by atoms with van der Waals surface area (Å²) in [5.74, 6) is 0.716. The number of anilines is 1. The second-order valence-corrected chi connectivity index (χ2v) is 11.9. The largest absolute Gasteiger partial charge is 0.495 e. The highest BCUT2D eigenvalue weighted by Gasteiger charge is 2.31. The van der Waals surface area contributed by atoms with Crippen LogP contribution in [0.25, 0.3) is 26.6 Å². The summed E-state index contributed by atoms with van der Waals surface area (Å²) in [5, 5.41) is 5.55. The number of rotatable bonds is 7. The Balaban J connectivity index is 1.34. The summed E-state index contributed by atoms with van der Waals surface area (Å²) in [6.45, 7) is 3.84. The number of benzene rings is 3. The van der Waals surface area contributed by atoms with Crippen LogP contribution >= 0.6 is 34.7 Å². The van der Waals surface area contributed by atoms with Gasteiger partial charge in [-0.15, -0.1) is 0 Å². The Morgan fingerprint density at radius 2 is 2.00 bits per heavy atom. The maximum Gasteiger partial charge on any atom is 0.266 e. The lowest BCUT2D eigenvalue weighted by Gasteiger charge is -2.19. The fourth-order valence-electron chi connectivity index (χ4n) is 5.17. The molecule has 4 nitrogen and oxygen atoms in total. The maximum absolute atomic E-state index is 11.2. The number of carbonyl (C=O) groups is 1. The predicted octanol–water partition coefficient (Wildman–Crippen LogP) is 8.17. The number of aryl methyl sites for hydroxylation is 1. The molecule has 0 bridgehead atoms. The van der Waals surface area contributed by atoms with Crippen molar-refractivity contribution in [1.82, 2.24) is 0 Å². The number of thioether (sulfide) groups is 1. The molecule has 0 aliphatic carbocycles. The van der Waals surface area contributed by atoms with Crippen molar-refractivity contribution >= 4 is 73.2 Å². The minimum absolute atomic E-state index is 0.499. The lowest BCUT2D eigenvalue weighted by Crippen LogP contribution is -2.30. The molecule has 0 fully saturated rings. The molecule has 4 aromatic rings. The number of carbonyl (C=O) groups excluding carboxylic acids is 1. The van der Waals surface area contributed by atoms with Crippen LogP contribution in [0.5, 0.6) is 5.75 Å². The lowest BCUT2D eigenvalue weighted by molar-refractivity contribution is -0.659. The van der Waals surface area contributed by atoms with Crippen LogP contribution in [0.15, 0.2) is 82.3 Å². The Morgan fingerprint density at radius 1 is 1.18 bits per heavy atom. The van der Waals surface area contributed by atoms with Gasteiger partial charge in [0.2, 0.25) is 5.52 Å². The molecule has 0 saturated heterocycles. The highest BCUT2D eigenvalue weighted by Crippen LogP contribution is 2.48. The quantitative estimate of drug-likeness (QED) is 0.169. The number of fused-ring (bicyclic) bond motifs is 5. The van der Waals surface area contributed by atoms with Crippen LogP contribution < -0.4 is 14.2 Å². The normalized spacial score (nSPS) is 17.1. The number of methoxy groups -OCH3 is 1. The molecular weight excluding hydrogens is 532 g/mol. The number of aromatic nitrogens is 1. The zero-order chi connectivity index (χ0) is 26.2. The number of allylic oxidation sites excluding steroid dienone is 5. The van der Waals surface area contributed by atoms with E-state index in [4.69, 9.17) is 16.3 Å². The molecule has 3 aromatic carbocycles. The first-order valence-corrected chi connectivity index (χ1v) is 14.8. The van der Waals surface area contributed by atoms with Gasteiger partial charge in [-0.1, -0.05) is 72.0 Å². The number of hydrogen-bond donors (Lipinski definition) is 0. The van der Waals surface area contributed by atoms with E-state index < -0.39 is 0 Å². The fraction of sp³-hybridized carbons (Fsp3) is 0.226. The van der Waals surface area contributed by atoms with Gasteiger partial charge in [-0.3, -0.25) is 0 Å². The van der Waals surface area contributed by atoms with Crippen molar-refractivity contribution in [3.63, 3.8) is 0 Å². The third kappa shape index (κ3) is 4.55.